The molecule has 0 spiro atoms. The third-order valence-electron chi connectivity index (χ3n) is 4.21. The minimum atomic E-state index is -0.738. The molecule has 2 aromatic carbocycles. The minimum absolute atomic E-state index is 0.267. The number of rotatable bonds is 5. The molecule has 1 atom stereocenters. The standard InChI is InChI=1S/C22H17F3N2O/c1-14(27-22(28)11-9-18-19(23)6-3-7-20(18)24)15-4-2-5-16(12-15)17-8-10-21(25)26-13-17/h2-14H,1H3,(H,27,28)/b11-9+/t14-/m0/s1. The summed E-state index contributed by atoms with van der Waals surface area (Å²) in [5.74, 6) is -2.52. The molecule has 0 unspecified atom stereocenters. The monoisotopic (exact) mass is 382 g/mol. The molecule has 3 nitrogen and oxygen atoms in total. The van der Waals surface area contributed by atoms with Gasteiger partial charge in [0.15, 0.2) is 0 Å². The van der Waals surface area contributed by atoms with Crippen LogP contribution in [0.3, 0.4) is 0 Å². The summed E-state index contributed by atoms with van der Waals surface area (Å²) in [6.07, 6.45) is 3.63. The molecule has 1 heterocycles. The van der Waals surface area contributed by atoms with Crippen molar-refractivity contribution in [1.29, 1.82) is 0 Å². The molecule has 1 amide bonds. The van der Waals surface area contributed by atoms with E-state index in [1.54, 1.807) is 13.0 Å². The van der Waals surface area contributed by atoms with Crippen molar-refractivity contribution < 1.29 is 18.0 Å². The van der Waals surface area contributed by atoms with Gasteiger partial charge in [0.05, 0.1) is 6.04 Å². The van der Waals surface area contributed by atoms with E-state index in [2.05, 4.69) is 10.3 Å². The van der Waals surface area contributed by atoms with Gasteiger partial charge in [-0.05, 0) is 54.5 Å². The maximum atomic E-state index is 13.6. The van der Waals surface area contributed by atoms with Gasteiger partial charge in [0.2, 0.25) is 11.9 Å². The third kappa shape index (κ3) is 4.65. The average molecular weight is 382 g/mol. The largest absolute Gasteiger partial charge is 0.346 e. The molecule has 6 heteroatoms. The Labute approximate surface area is 160 Å². The molecule has 0 saturated heterocycles. The molecule has 0 radical (unpaired) electrons. The molecule has 142 valence electrons. The molecule has 0 aliphatic heterocycles. The van der Waals surface area contributed by atoms with Gasteiger partial charge in [-0.3, -0.25) is 4.79 Å². The maximum absolute atomic E-state index is 13.6. The first kappa shape index (κ1) is 19.4. The van der Waals surface area contributed by atoms with Crippen molar-refractivity contribution in [1.82, 2.24) is 10.3 Å². The number of benzene rings is 2. The highest BCUT2D eigenvalue weighted by atomic mass is 19.1. The summed E-state index contributed by atoms with van der Waals surface area (Å²) in [6.45, 7) is 1.79. The van der Waals surface area contributed by atoms with E-state index in [1.807, 2.05) is 24.3 Å². The Bertz CT molecular complexity index is 996. The maximum Gasteiger partial charge on any atom is 0.244 e. The predicted molar refractivity (Wildman–Crippen MR) is 102 cm³/mol. The molecule has 1 N–H and O–H groups in total. The Morgan fingerprint density at radius 2 is 1.71 bits per heavy atom. The molecule has 0 fully saturated rings. The summed E-state index contributed by atoms with van der Waals surface area (Å²) < 4.78 is 40.2. The zero-order chi connectivity index (χ0) is 20.1. The lowest BCUT2D eigenvalue weighted by atomic mass is 10.0. The molecule has 28 heavy (non-hydrogen) atoms. The number of halogens is 3. The SMILES string of the molecule is C[C@H](NC(=O)/C=C/c1c(F)cccc1F)c1cccc(-c2ccc(F)nc2)c1. The van der Waals surface area contributed by atoms with Crippen LogP contribution in [0, 0.1) is 17.6 Å². The lowest BCUT2D eigenvalue weighted by Gasteiger charge is -2.14. The third-order valence-corrected chi connectivity index (χ3v) is 4.21. The van der Waals surface area contributed by atoms with E-state index in [-0.39, 0.29) is 11.6 Å². The van der Waals surface area contributed by atoms with E-state index in [0.29, 0.717) is 0 Å². The molecule has 0 bridgehead atoms. The number of hydrogen-bond donors (Lipinski definition) is 1. The van der Waals surface area contributed by atoms with Crippen LogP contribution in [0.15, 0.2) is 66.9 Å². The van der Waals surface area contributed by atoms with Gasteiger partial charge in [0.1, 0.15) is 11.6 Å². The van der Waals surface area contributed by atoms with Crippen LogP contribution in [-0.2, 0) is 4.79 Å². The number of nitrogens with zero attached hydrogens (tertiary/aromatic N) is 1. The van der Waals surface area contributed by atoms with Crippen LogP contribution in [0.5, 0.6) is 0 Å². The van der Waals surface area contributed by atoms with E-state index < -0.39 is 23.5 Å². The first-order valence-corrected chi connectivity index (χ1v) is 8.58. The molecular weight excluding hydrogens is 365 g/mol. The fourth-order valence-corrected chi connectivity index (χ4v) is 2.71. The van der Waals surface area contributed by atoms with E-state index in [4.69, 9.17) is 0 Å². The van der Waals surface area contributed by atoms with Gasteiger partial charge in [-0.25, -0.2) is 13.8 Å². The van der Waals surface area contributed by atoms with Crippen LogP contribution in [0.25, 0.3) is 17.2 Å². The molecule has 0 aliphatic carbocycles. The number of amides is 1. The highest BCUT2D eigenvalue weighted by Gasteiger charge is 2.10. The Balaban J connectivity index is 1.71. The van der Waals surface area contributed by atoms with Crippen molar-refractivity contribution in [2.45, 2.75) is 13.0 Å². The molecule has 1 aromatic heterocycles. The lowest BCUT2D eigenvalue weighted by Crippen LogP contribution is -2.24. The second-order valence-electron chi connectivity index (χ2n) is 6.19. The molecule has 0 aliphatic rings. The molecule has 3 rings (SSSR count). The zero-order valence-corrected chi connectivity index (χ0v) is 15.0. The van der Waals surface area contributed by atoms with Crippen molar-refractivity contribution >= 4 is 12.0 Å². The van der Waals surface area contributed by atoms with Crippen LogP contribution in [0.2, 0.25) is 0 Å². The van der Waals surface area contributed by atoms with Gasteiger partial charge < -0.3 is 5.32 Å². The second-order valence-corrected chi connectivity index (χ2v) is 6.19. The Hall–Kier alpha value is -3.41. The van der Waals surface area contributed by atoms with Crippen molar-refractivity contribution in [3.05, 3.63) is 95.6 Å². The van der Waals surface area contributed by atoms with Crippen molar-refractivity contribution in [2.75, 3.05) is 0 Å². The Kier molecular flexibility index (Phi) is 5.89. The van der Waals surface area contributed by atoms with Crippen molar-refractivity contribution in [3.63, 3.8) is 0 Å². The molecular formula is C22H17F3N2O. The van der Waals surface area contributed by atoms with Crippen LogP contribution in [0.4, 0.5) is 13.2 Å². The fourth-order valence-electron chi connectivity index (χ4n) is 2.71. The van der Waals surface area contributed by atoms with E-state index in [1.165, 1.54) is 18.3 Å². The summed E-state index contributed by atoms with van der Waals surface area (Å²) in [5, 5.41) is 2.75. The summed E-state index contributed by atoms with van der Waals surface area (Å²) in [7, 11) is 0. The summed E-state index contributed by atoms with van der Waals surface area (Å²) in [6, 6.07) is 13.4. The summed E-state index contributed by atoms with van der Waals surface area (Å²) in [4.78, 5) is 15.8. The van der Waals surface area contributed by atoms with Gasteiger partial charge in [-0.1, -0.05) is 24.3 Å². The average Bonchev–Trinajstić information content (AvgIpc) is 2.68. The normalized spacial score (nSPS) is 12.1. The summed E-state index contributed by atoms with van der Waals surface area (Å²) in [5.41, 5.74) is 2.13. The lowest BCUT2D eigenvalue weighted by molar-refractivity contribution is -0.117. The van der Waals surface area contributed by atoms with Crippen molar-refractivity contribution in [3.8, 4) is 11.1 Å². The quantitative estimate of drug-likeness (QED) is 0.495. The molecule has 3 aromatic rings. The number of aromatic nitrogens is 1. The van der Waals surface area contributed by atoms with Crippen LogP contribution >= 0.6 is 0 Å². The first-order valence-electron chi connectivity index (χ1n) is 8.58. The Morgan fingerprint density at radius 3 is 2.39 bits per heavy atom. The van der Waals surface area contributed by atoms with Gasteiger partial charge >= 0.3 is 0 Å². The highest BCUT2D eigenvalue weighted by Crippen LogP contribution is 2.23. The van der Waals surface area contributed by atoms with E-state index in [9.17, 15) is 18.0 Å². The molecule has 0 saturated carbocycles. The zero-order valence-electron chi connectivity index (χ0n) is 15.0. The van der Waals surface area contributed by atoms with E-state index >= 15 is 0 Å². The van der Waals surface area contributed by atoms with Gasteiger partial charge in [-0.2, -0.15) is 4.39 Å². The van der Waals surface area contributed by atoms with Gasteiger partial charge in [0.25, 0.3) is 0 Å². The number of hydrogen-bond acceptors (Lipinski definition) is 2. The number of carbonyl (C=O) groups excluding carboxylic acids is 1. The minimum Gasteiger partial charge on any atom is -0.346 e. The highest BCUT2D eigenvalue weighted by molar-refractivity contribution is 5.92. The Morgan fingerprint density at radius 1 is 1.00 bits per heavy atom. The van der Waals surface area contributed by atoms with Crippen molar-refractivity contribution in [2.24, 2.45) is 0 Å². The second kappa shape index (κ2) is 8.52. The topological polar surface area (TPSA) is 42.0 Å². The summed E-state index contributed by atoms with van der Waals surface area (Å²) >= 11 is 0. The van der Waals surface area contributed by atoms with Crippen LogP contribution in [-0.4, -0.2) is 10.9 Å². The van der Waals surface area contributed by atoms with E-state index in [0.717, 1.165) is 41.0 Å². The smallest absolute Gasteiger partial charge is 0.244 e. The van der Waals surface area contributed by atoms with Gasteiger partial charge in [0, 0.05) is 23.4 Å². The number of pyridine rings is 1. The van der Waals surface area contributed by atoms with Crippen LogP contribution in [0.1, 0.15) is 24.1 Å². The number of nitrogens with one attached hydrogen (secondary N) is 1. The fraction of sp³-hybridized carbons (Fsp3) is 0.0909. The van der Waals surface area contributed by atoms with Crippen LogP contribution < -0.4 is 5.32 Å². The van der Waals surface area contributed by atoms with Gasteiger partial charge in [-0.15, -0.1) is 0 Å². The number of carbonyl (C=O) groups is 1. The predicted octanol–water partition coefficient (Wildman–Crippen LogP) is 5.06. The first-order chi connectivity index (χ1) is 13.4.